The predicted octanol–water partition coefficient (Wildman–Crippen LogP) is 4.57. The highest BCUT2D eigenvalue weighted by molar-refractivity contribution is 6.43. The van der Waals surface area contributed by atoms with Crippen LogP contribution in [0.3, 0.4) is 0 Å². The van der Waals surface area contributed by atoms with Crippen molar-refractivity contribution in [1.29, 1.82) is 0 Å². The smallest absolute Gasteiger partial charge is 0.139 e. The molecule has 0 saturated heterocycles. The minimum Gasteiger partial charge on any atom is -0.487 e. The lowest BCUT2D eigenvalue weighted by atomic mass is 10.1. The molecular weight excluding hydrogens is 331 g/mol. The average molecular weight is 342 g/mol. The van der Waals surface area contributed by atoms with Gasteiger partial charge in [-0.1, -0.05) is 58.8 Å². The molecular formula is C16H11Cl3O2. The summed E-state index contributed by atoms with van der Waals surface area (Å²) in [5, 5.41) is 9.83. The maximum atomic E-state index is 8.63. The van der Waals surface area contributed by atoms with Crippen molar-refractivity contribution in [2.45, 2.75) is 6.61 Å². The van der Waals surface area contributed by atoms with E-state index < -0.39 is 0 Å². The normalized spacial score (nSPS) is 9.90. The number of ether oxygens (including phenoxy) is 1. The first-order chi connectivity index (χ1) is 10.1. The molecule has 0 fully saturated rings. The largest absolute Gasteiger partial charge is 0.487 e. The number of aliphatic hydroxyl groups excluding tert-OH is 1. The van der Waals surface area contributed by atoms with Crippen LogP contribution in [-0.2, 0) is 6.61 Å². The molecule has 0 amide bonds. The molecule has 0 unspecified atom stereocenters. The second-order valence-corrected chi connectivity index (χ2v) is 5.36. The van der Waals surface area contributed by atoms with Crippen LogP contribution in [0.4, 0.5) is 0 Å². The number of halogens is 3. The van der Waals surface area contributed by atoms with E-state index in [4.69, 9.17) is 44.6 Å². The van der Waals surface area contributed by atoms with Crippen molar-refractivity contribution in [2.24, 2.45) is 0 Å². The van der Waals surface area contributed by atoms with Crippen molar-refractivity contribution in [1.82, 2.24) is 0 Å². The fourth-order valence-corrected chi connectivity index (χ4v) is 2.19. The van der Waals surface area contributed by atoms with Crippen LogP contribution in [0, 0.1) is 11.8 Å². The summed E-state index contributed by atoms with van der Waals surface area (Å²) in [5.74, 6) is 5.90. The third-order valence-electron chi connectivity index (χ3n) is 2.63. The molecule has 108 valence electrons. The molecule has 21 heavy (non-hydrogen) atoms. The van der Waals surface area contributed by atoms with Gasteiger partial charge in [0.2, 0.25) is 0 Å². The Bertz CT molecular complexity index is 685. The molecule has 2 aromatic carbocycles. The summed E-state index contributed by atoms with van der Waals surface area (Å²) in [6.45, 7) is 0.200. The Morgan fingerprint density at radius 1 is 0.952 bits per heavy atom. The van der Waals surface area contributed by atoms with Gasteiger partial charge >= 0.3 is 0 Å². The van der Waals surface area contributed by atoms with Gasteiger partial charge in [-0.3, -0.25) is 0 Å². The lowest BCUT2D eigenvalue weighted by Crippen LogP contribution is -1.96. The van der Waals surface area contributed by atoms with Crippen LogP contribution >= 0.6 is 34.8 Å². The van der Waals surface area contributed by atoms with Crippen LogP contribution in [0.2, 0.25) is 15.1 Å². The predicted molar refractivity (Wildman–Crippen MR) is 86.2 cm³/mol. The van der Waals surface area contributed by atoms with Gasteiger partial charge in [0.15, 0.2) is 0 Å². The van der Waals surface area contributed by atoms with E-state index >= 15 is 0 Å². The first kappa shape index (κ1) is 16.0. The summed E-state index contributed by atoms with van der Waals surface area (Å²) < 4.78 is 5.63. The van der Waals surface area contributed by atoms with E-state index in [0.717, 1.165) is 11.1 Å². The van der Waals surface area contributed by atoms with Crippen molar-refractivity contribution >= 4 is 34.8 Å². The molecule has 0 atom stereocenters. The van der Waals surface area contributed by atoms with Crippen molar-refractivity contribution < 1.29 is 9.84 Å². The Kier molecular flexibility index (Phi) is 5.78. The van der Waals surface area contributed by atoms with E-state index in [1.807, 2.05) is 24.3 Å². The number of hydrogen-bond acceptors (Lipinski definition) is 2. The fraction of sp³-hybridized carbons (Fsp3) is 0.125. The van der Waals surface area contributed by atoms with Gasteiger partial charge < -0.3 is 9.84 Å². The molecule has 1 N–H and O–H groups in total. The maximum Gasteiger partial charge on any atom is 0.139 e. The fourth-order valence-electron chi connectivity index (χ4n) is 1.60. The Hall–Kier alpha value is -1.37. The first-order valence-electron chi connectivity index (χ1n) is 6.06. The Morgan fingerprint density at radius 3 is 2.29 bits per heavy atom. The highest BCUT2D eigenvalue weighted by Gasteiger charge is 2.07. The van der Waals surface area contributed by atoms with Gasteiger partial charge in [-0.2, -0.15) is 0 Å². The SMILES string of the molecule is OCC#Cc1ccc(COc2cc(Cl)c(Cl)cc2Cl)cc1. The lowest BCUT2D eigenvalue weighted by Gasteiger charge is -2.09. The monoisotopic (exact) mass is 340 g/mol. The van der Waals surface area contributed by atoms with Crippen LogP contribution in [0.5, 0.6) is 5.75 Å². The quantitative estimate of drug-likeness (QED) is 0.654. The van der Waals surface area contributed by atoms with Crippen LogP contribution in [0.25, 0.3) is 0 Å². The molecule has 0 aromatic heterocycles. The van der Waals surface area contributed by atoms with E-state index in [9.17, 15) is 0 Å². The van der Waals surface area contributed by atoms with Gasteiger partial charge in [-0.15, -0.1) is 0 Å². The van der Waals surface area contributed by atoms with Crippen molar-refractivity contribution in [3.05, 3.63) is 62.6 Å². The third kappa shape index (κ3) is 4.56. The van der Waals surface area contributed by atoms with Gasteiger partial charge in [-0.25, -0.2) is 0 Å². The lowest BCUT2D eigenvalue weighted by molar-refractivity contribution is 0.306. The number of benzene rings is 2. The van der Waals surface area contributed by atoms with Gasteiger partial charge in [0.25, 0.3) is 0 Å². The van der Waals surface area contributed by atoms with Gasteiger partial charge in [0, 0.05) is 11.6 Å². The van der Waals surface area contributed by atoms with Crippen molar-refractivity contribution in [2.75, 3.05) is 6.61 Å². The standard InChI is InChI=1S/C16H11Cl3O2/c17-13-8-15(19)16(9-14(13)18)21-10-12-5-3-11(4-6-12)2-1-7-20/h3-6,8-9,20H,7,10H2. The van der Waals surface area contributed by atoms with Crippen molar-refractivity contribution in [3.63, 3.8) is 0 Å². The van der Waals surface area contributed by atoms with Crippen LogP contribution in [0.1, 0.15) is 11.1 Å². The van der Waals surface area contributed by atoms with Gasteiger partial charge in [-0.05, 0) is 23.8 Å². The first-order valence-corrected chi connectivity index (χ1v) is 7.19. The second-order valence-electron chi connectivity index (χ2n) is 4.14. The zero-order chi connectivity index (χ0) is 15.2. The molecule has 0 radical (unpaired) electrons. The minimum absolute atomic E-state index is 0.152. The van der Waals surface area contributed by atoms with E-state index in [2.05, 4.69) is 11.8 Å². The summed E-state index contributed by atoms with van der Waals surface area (Å²) in [7, 11) is 0. The van der Waals surface area contributed by atoms with Crippen LogP contribution in [0.15, 0.2) is 36.4 Å². The third-order valence-corrected chi connectivity index (χ3v) is 3.65. The van der Waals surface area contributed by atoms with E-state index in [-0.39, 0.29) is 6.61 Å². The average Bonchev–Trinajstić information content (AvgIpc) is 2.48. The topological polar surface area (TPSA) is 29.5 Å². The van der Waals surface area contributed by atoms with Crippen LogP contribution < -0.4 is 4.74 Å². The zero-order valence-electron chi connectivity index (χ0n) is 10.9. The van der Waals surface area contributed by atoms with E-state index in [0.29, 0.717) is 27.4 Å². The summed E-state index contributed by atoms with van der Waals surface area (Å²) in [5.41, 5.74) is 1.80. The molecule has 0 aliphatic rings. The molecule has 5 heteroatoms. The number of aliphatic hydroxyl groups is 1. The highest BCUT2D eigenvalue weighted by atomic mass is 35.5. The summed E-state index contributed by atoms with van der Waals surface area (Å²) >= 11 is 17.8. The summed E-state index contributed by atoms with van der Waals surface area (Å²) in [6, 6.07) is 10.6. The maximum absolute atomic E-state index is 8.63. The highest BCUT2D eigenvalue weighted by Crippen LogP contribution is 2.34. The number of hydrogen-bond donors (Lipinski definition) is 1. The van der Waals surface area contributed by atoms with E-state index in [1.165, 1.54) is 0 Å². The molecule has 2 rings (SSSR count). The van der Waals surface area contributed by atoms with Crippen molar-refractivity contribution in [3.8, 4) is 17.6 Å². The Morgan fingerprint density at radius 2 is 1.62 bits per heavy atom. The molecule has 0 saturated carbocycles. The molecule has 0 spiro atoms. The summed E-state index contributed by atoms with van der Waals surface area (Å²) in [4.78, 5) is 0. The second kappa shape index (κ2) is 7.59. The van der Waals surface area contributed by atoms with Crippen LogP contribution in [-0.4, -0.2) is 11.7 Å². The summed E-state index contributed by atoms with van der Waals surface area (Å²) in [6.07, 6.45) is 0. The molecule has 0 bridgehead atoms. The minimum atomic E-state index is -0.152. The van der Waals surface area contributed by atoms with E-state index in [1.54, 1.807) is 12.1 Å². The zero-order valence-corrected chi connectivity index (χ0v) is 13.1. The van der Waals surface area contributed by atoms with Gasteiger partial charge in [0.05, 0.1) is 15.1 Å². The molecule has 2 aromatic rings. The molecule has 2 nitrogen and oxygen atoms in total. The molecule has 0 aliphatic carbocycles. The Balaban J connectivity index is 2.05. The number of rotatable bonds is 3. The van der Waals surface area contributed by atoms with Gasteiger partial charge in [0.1, 0.15) is 19.0 Å². The Labute approximate surface area is 138 Å². The molecule has 0 aliphatic heterocycles. The molecule has 0 heterocycles.